The van der Waals surface area contributed by atoms with Gasteiger partial charge in [-0.1, -0.05) is 37.6 Å². The van der Waals surface area contributed by atoms with Gasteiger partial charge >= 0.3 is 6.18 Å². The Hall–Kier alpha value is -1.97. The standard InChI is InChI=1S/C19H22F3N/c1-4-5-12-23(17-9-7-6-8-14(17)2)18-13-16(19(20,21)22)11-10-15(18)3/h6-11,13H,4-5,12H2,1-3H3. The smallest absolute Gasteiger partial charge is 0.341 e. The molecule has 0 heterocycles. The molecule has 0 N–H and O–H groups in total. The Balaban J connectivity index is 2.54. The summed E-state index contributed by atoms with van der Waals surface area (Å²) in [5, 5.41) is 0. The van der Waals surface area contributed by atoms with Gasteiger partial charge in [0.15, 0.2) is 0 Å². The quantitative estimate of drug-likeness (QED) is 0.628. The Morgan fingerprint density at radius 3 is 2.17 bits per heavy atom. The highest BCUT2D eigenvalue weighted by molar-refractivity contribution is 5.69. The van der Waals surface area contributed by atoms with E-state index in [4.69, 9.17) is 0 Å². The van der Waals surface area contributed by atoms with Gasteiger partial charge in [-0.05, 0) is 49.6 Å². The maximum atomic E-state index is 13.1. The first-order chi connectivity index (χ1) is 10.8. The van der Waals surface area contributed by atoms with Crippen LogP contribution in [-0.4, -0.2) is 6.54 Å². The Kier molecular flexibility index (Phi) is 5.34. The van der Waals surface area contributed by atoms with Crippen LogP contribution in [0.1, 0.15) is 36.5 Å². The van der Waals surface area contributed by atoms with E-state index in [1.165, 1.54) is 6.07 Å². The molecule has 2 aromatic rings. The fourth-order valence-electron chi connectivity index (χ4n) is 2.63. The van der Waals surface area contributed by atoms with Crippen molar-refractivity contribution in [2.45, 2.75) is 39.8 Å². The first-order valence-electron chi connectivity index (χ1n) is 7.85. The molecule has 0 unspecified atom stereocenters. The van der Waals surface area contributed by atoms with Gasteiger partial charge in [-0.25, -0.2) is 0 Å². The molecule has 0 amide bonds. The maximum absolute atomic E-state index is 13.1. The monoisotopic (exact) mass is 321 g/mol. The molecule has 0 fully saturated rings. The van der Waals surface area contributed by atoms with Crippen molar-refractivity contribution in [2.75, 3.05) is 11.4 Å². The summed E-state index contributed by atoms with van der Waals surface area (Å²) < 4.78 is 39.2. The van der Waals surface area contributed by atoms with Crippen LogP contribution in [-0.2, 0) is 6.18 Å². The topological polar surface area (TPSA) is 3.24 Å². The normalized spacial score (nSPS) is 11.6. The minimum absolute atomic E-state index is 0.604. The molecule has 2 aromatic carbocycles. The van der Waals surface area contributed by atoms with Crippen molar-refractivity contribution in [3.05, 3.63) is 59.2 Å². The molecule has 0 saturated carbocycles. The second-order valence-corrected chi connectivity index (χ2v) is 5.79. The molecule has 0 bridgehead atoms. The van der Waals surface area contributed by atoms with Gasteiger partial charge in [0.2, 0.25) is 0 Å². The second kappa shape index (κ2) is 7.07. The van der Waals surface area contributed by atoms with E-state index < -0.39 is 11.7 Å². The zero-order valence-corrected chi connectivity index (χ0v) is 13.7. The van der Waals surface area contributed by atoms with Crippen LogP contribution in [0.2, 0.25) is 0 Å². The molecule has 0 aromatic heterocycles. The molecule has 0 atom stereocenters. The first-order valence-corrected chi connectivity index (χ1v) is 7.85. The first kappa shape index (κ1) is 17.4. The second-order valence-electron chi connectivity index (χ2n) is 5.79. The van der Waals surface area contributed by atoms with Crippen LogP contribution in [0.5, 0.6) is 0 Å². The molecule has 4 heteroatoms. The van der Waals surface area contributed by atoms with Gasteiger partial charge in [-0.2, -0.15) is 13.2 Å². The van der Waals surface area contributed by atoms with Crippen molar-refractivity contribution in [1.29, 1.82) is 0 Å². The minimum Gasteiger partial charge on any atom is -0.341 e. The molecule has 0 aliphatic carbocycles. The van der Waals surface area contributed by atoms with Gasteiger partial charge in [-0.15, -0.1) is 0 Å². The van der Waals surface area contributed by atoms with Gasteiger partial charge in [0.25, 0.3) is 0 Å². The van der Waals surface area contributed by atoms with E-state index in [2.05, 4.69) is 6.92 Å². The molecule has 0 radical (unpaired) electrons. The molecular weight excluding hydrogens is 299 g/mol. The predicted octanol–water partition coefficient (Wildman–Crippen LogP) is 6.26. The van der Waals surface area contributed by atoms with Gasteiger partial charge in [0.05, 0.1) is 5.56 Å². The fraction of sp³-hybridized carbons (Fsp3) is 0.368. The molecule has 1 nitrogen and oxygen atoms in total. The zero-order chi connectivity index (χ0) is 17.0. The van der Waals surface area contributed by atoms with E-state index in [1.54, 1.807) is 6.07 Å². The lowest BCUT2D eigenvalue weighted by atomic mass is 10.1. The van der Waals surface area contributed by atoms with Crippen molar-refractivity contribution in [3.8, 4) is 0 Å². The van der Waals surface area contributed by atoms with Gasteiger partial charge in [0, 0.05) is 17.9 Å². The van der Waals surface area contributed by atoms with Crippen molar-refractivity contribution in [3.63, 3.8) is 0 Å². The Morgan fingerprint density at radius 1 is 0.913 bits per heavy atom. The summed E-state index contributed by atoms with van der Waals surface area (Å²) in [7, 11) is 0. The molecular formula is C19H22F3N. The predicted molar refractivity (Wildman–Crippen MR) is 89.3 cm³/mol. The lowest BCUT2D eigenvalue weighted by Crippen LogP contribution is -2.21. The number of nitrogens with zero attached hydrogens (tertiary/aromatic N) is 1. The number of benzene rings is 2. The van der Waals surface area contributed by atoms with Crippen LogP contribution in [0.4, 0.5) is 24.5 Å². The fourth-order valence-corrected chi connectivity index (χ4v) is 2.63. The lowest BCUT2D eigenvalue weighted by Gasteiger charge is -2.29. The largest absolute Gasteiger partial charge is 0.416 e. The summed E-state index contributed by atoms with van der Waals surface area (Å²) in [6, 6.07) is 11.8. The summed E-state index contributed by atoms with van der Waals surface area (Å²) in [6.07, 6.45) is -2.42. The molecule has 0 spiro atoms. The van der Waals surface area contributed by atoms with Gasteiger partial charge in [0.1, 0.15) is 0 Å². The third-order valence-electron chi connectivity index (χ3n) is 3.97. The number of unbranched alkanes of at least 4 members (excludes halogenated alkanes) is 1. The number of anilines is 2. The van der Waals surface area contributed by atoms with E-state index in [0.717, 1.165) is 35.7 Å². The van der Waals surface area contributed by atoms with Crippen LogP contribution < -0.4 is 4.90 Å². The number of hydrogen-bond acceptors (Lipinski definition) is 1. The highest BCUT2D eigenvalue weighted by Gasteiger charge is 2.31. The third kappa shape index (κ3) is 4.06. The average Bonchev–Trinajstić information content (AvgIpc) is 2.49. The van der Waals surface area contributed by atoms with Crippen LogP contribution >= 0.6 is 0 Å². The summed E-state index contributed by atoms with van der Waals surface area (Å²) in [5.74, 6) is 0. The van der Waals surface area contributed by atoms with E-state index in [9.17, 15) is 13.2 Å². The summed E-state index contributed by atoms with van der Waals surface area (Å²) in [4.78, 5) is 2.00. The van der Waals surface area contributed by atoms with Crippen LogP contribution in [0.3, 0.4) is 0 Å². The van der Waals surface area contributed by atoms with Crippen molar-refractivity contribution in [2.24, 2.45) is 0 Å². The molecule has 23 heavy (non-hydrogen) atoms. The van der Waals surface area contributed by atoms with Gasteiger partial charge in [-0.3, -0.25) is 0 Å². The molecule has 0 aliphatic rings. The maximum Gasteiger partial charge on any atom is 0.416 e. The SMILES string of the molecule is CCCCN(c1ccccc1C)c1cc(C(F)(F)F)ccc1C. The molecule has 2 rings (SSSR count). The van der Waals surface area contributed by atoms with Crippen LogP contribution in [0.25, 0.3) is 0 Å². The lowest BCUT2D eigenvalue weighted by molar-refractivity contribution is -0.137. The van der Waals surface area contributed by atoms with Crippen LogP contribution in [0.15, 0.2) is 42.5 Å². The highest BCUT2D eigenvalue weighted by atomic mass is 19.4. The third-order valence-corrected chi connectivity index (χ3v) is 3.97. The van der Waals surface area contributed by atoms with Crippen LogP contribution in [0, 0.1) is 13.8 Å². The Labute approximate surface area is 135 Å². The van der Waals surface area contributed by atoms with Crippen molar-refractivity contribution >= 4 is 11.4 Å². The van der Waals surface area contributed by atoms with Gasteiger partial charge < -0.3 is 4.90 Å². The highest BCUT2D eigenvalue weighted by Crippen LogP contribution is 2.36. The Bertz CT molecular complexity index is 662. The number of alkyl halides is 3. The van der Waals surface area contributed by atoms with E-state index in [1.807, 2.05) is 43.0 Å². The number of aryl methyl sites for hydroxylation is 2. The number of para-hydroxylation sites is 1. The molecule has 124 valence electrons. The van der Waals surface area contributed by atoms with E-state index in [-0.39, 0.29) is 0 Å². The minimum atomic E-state index is -4.33. The number of halogens is 3. The number of rotatable bonds is 5. The molecule has 0 aliphatic heterocycles. The number of hydrogen-bond donors (Lipinski definition) is 0. The van der Waals surface area contributed by atoms with Crippen molar-refractivity contribution < 1.29 is 13.2 Å². The summed E-state index contributed by atoms with van der Waals surface area (Å²) >= 11 is 0. The summed E-state index contributed by atoms with van der Waals surface area (Å²) in [6.45, 7) is 6.61. The molecule has 0 saturated heterocycles. The van der Waals surface area contributed by atoms with E-state index in [0.29, 0.717) is 12.2 Å². The zero-order valence-electron chi connectivity index (χ0n) is 13.7. The Morgan fingerprint density at radius 2 is 1.57 bits per heavy atom. The van der Waals surface area contributed by atoms with E-state index >= 15 is 0 Å². The van der Waals surface area contributed by atoms with Crippen molar-refractivity contribution in [1.82, 2.24) is 0 Å². The summed E-state index contributed by atoms with van der Waals surface area (Å²) in [5.41, 5.74) is 2.89. The average molecular weight is 321 g/mol.